The highest BCUT2D eigenvalue weighted by Crippen LogP contribution is 2.34. The van der Waals surface area contributed by atoms with Crippen LogP contribution in [-0.2, 0) is 28.2 Å². The molecule has 4 aromatic rings. The predicted octanol–water partition coefficient (Wildman–Crippen LogP) is -0.967. The van der Waals surface area contributed by atoms with Crippen LogP contribution in [0.4, 0.5) is 0 Å². The number of rotatable bonds is 3. The topological polar surface area (TPSA) is 145 Å². The lowest BCUT2D eigenvalue weighted by atomic mass is 10.5. The van der Waals surface area contributed by atoms with E-state index in [0.717, 1.165) is 30.7 Å². The van der Waals surface area contributed by atoms with E-state index in [1.807, 2.05) is 0 Å². The molecule has 0 saturated heterocycles. The molecule has 146 valence electrons. The van der Waals surface area contributed by atoms with Crippen LogP contribution < -0.4 is 22.5 Å². The van der Waals surface area contributed by atoms with Crippen molar-refractivity contribution < 1.29 is 0 Å². The molecule has 0 spiro atoms. The molecule has 0 atom stereocenters. The van der Waals surface area contributed by atoms with Crippen LogP contribution in [0.15, 0.2) is 29.5 Å². The Hall–Kier alpha value is -3.00. The Morgan fingerprint density at radius 3 is 1.36 bits per heavy atom. The van der Waals surface area contributed by atoms with Crippen LogP contribution in [0.2, 0.25) is 0 Å². The zero-order valence-corrected chi connectivity index (χ0v) is 16.8. The number of imidazole rings is 2. The van der Waals surface area contributed by atoms with Gasteiger partial charge in [0.25, 0.3) is 11.1 Å². The van der Waals surface area contributed by atoms with Gasteiger partial charge in [-0.15, -0.1) is 0 Å². The molecule has 0 aliphatic rings. The number of H-pyrrole nitrogens is 2. The summed E-state index contributed by atoms with van der Waals surface area (Å²) < 4.78 is 4.56. The number of aromatic nitrogens is 8. The average Bonchev–Trinajstić information content (AvgIpc) is 3.30. The third-order valence-electron chi connectivity index (χ3n) is 4.35. The van der Waals surface area contributed by atoms with Crippen molar-refractivity contribution in [3.63, 3.8) is 0 Å². The van der Waals surface area contributed by atoms with E-state index in [0.29, 0.717) is 10.3 Å². The van der Waals surface area contributed by atoms with Crippen molar-refractivity contribution >= 4 is 43.9 Å². The third kappa shape index (κ3) is 2.56. The number of nitrogens with one attached hydrogen (secondary N) is 2. The van der Waals surface area contributed by atoms with Gasteiger partial charge in [0.05, 0.1) is 0 Å². The Kier molecular flexibility index (Phi) is 4.11. The molecule has 2 N–H and O–H groups in total. The van der Waals surface area contributed by atoms with Gasteiger partial charge < -0.3 is 9.97 Å². The number of nitrogens with zero attached hydrogens (tertiary/aromatic N) is 6. The Labute approximate surface area is 162 Å². The molecule has 14 heteroatoms. The van der Waals surface area contributed by atoms with E-state index in [1.165, 1.54) is 37.3 Å². The molecular formula is C14H14N8O4S2. The summed E-state index contributed by atoms with van der Waals surface area (Å²) in [5.41, 5.74) is -0.949. The predicted molar refractivity (Wildman–Crippen MR) is 105 cm³/mol. The minimum atomic E-state index is -0.470. The molecule has 4 rings (SSSR count). The normalized spacial score (nSPS) is 11.7. The molecule has 0 bridgehead atoms. The second-order valence-electron chi connectivity index (χ2n) is 6.06. The molecule has 0 amide bonds. The Morgan fingerprint density at radius 1 is 0.643 bits per heavy atom. The van der Waals surface area contributed by atoms with Gasteiger partial charge in [0.1, 0.15) is 0 Å². The highest BCUT2D eigenvalue weighted by atomic mass is 33.1. The molecule has 4 aromatic heterocycles. The molecule has 0 fully saturated rings. The van der Waals surface area contributed by atoms with Gasteiger partial charge in [-0.05, 0) is 21.6 Å². The molecule has 0 aliphatic heterocycles. The lowest BCUT2D eigenvalue weighted by molar-refractivity contribution is 0.708. The zero-order valence-electron chi connectivity index (χ0n) is 15.1. The van der Waals surface area contributed by atoms with Gasteiger partial charge in [-0.2, -0.15) is 0 Å². The first kappa shape index (κ1) is 18.4. The summed E-state index contributed by atoms with van der Waals surface area (Å²) in [6.45, 7) is 0. The fourth-order valence-electron chi connectivity index (χ4n) is 2.77. The Bertz CT molecular complexity index is 1380. The lowest BCUT2D eigenvalue weighted by Crippen LogP contribution is -2.36. The van der Waals surface area contributed by atoms with Gasteiger partial charge in [-0.3, -0.25) is 27.9 Å². The monoisotopic (exact) mass is 422 g/mol. The maximum atomic E-state index is 12.2. The molecule has 0 saturated carbocycles. The first-order chi connectivity index (χ1) is 13.2. The van der Waals surface area contributed by atoms with Crippen molar-refractivity contribution in [2.24, 2.45) is 28.2 Å². The van der Waals surface area contributed by atoms with E-state index in [1.54, 1.807) is 0 Å². The van der Waals surface area contributed by atoms with Crippen LogP contribution >= 0.6 is 21.6 Å². The van der Waals surface area contributed by atoms with Gasteiger partial charge in [0.15, 0.2) is 32.6 Å². The van der Waals surface area contributed by atoms with Gasteiger partial charge in [0.2, 0.25) is 0 Å². The minimum absolute atomic E-state index is 0.216. The van der Waals surface area contributed by atoms with Crippen LogP contribution in [0.5, 0.6) is 0 Å². The van der Waals surface area contributed by atoms with Gasteiger partial charge in [-0.1, -0.05) is 0 Å². The third-order valence-corrected chi connectivity index (χ3v) is 6.33. The van der Waals surface area contributed by atoms with E-state index < -0.39 is 22.5 Å². The summed E-state index contributed by atoms with van der Waals surface area (Å²) in [4.78, 5) is 62.8. The lowest BCUT2D eigenvalue weighted by Gasteiger charge is -2.00. The van der Waals surface area contributed by atoms with Crippen LogP contribution in [0, 0.1) is 0 Å². The van der Waals surface area contributed by atoms with Crippen LogP contribution in [0.25, 0.3) is 22.3 Å². The quantitative estimate of drug-likeness (QED) is 0.401. The highest BCUT2D eigenvalue weighted by molar-refractivity contribution is 8.76. The molecule has 0 aromatic carbocycles. The molecule has 12 nitrogen and oxygen atoms in total. The van der Waals surface area contributed by atoms with E-state index in [-0.39, 0.29) is 22.3 Å². The summed E-state index contributed by atoms with van der Waals surface area (Å²) in [6.07, 6.45) is 0. The highest BCUT2D eigenvalue weighted by Gasteiger charge is 2.17. The number of aryl methyl sites for hydroxylation is 2. The molecule has 0 aliphatic carbocycles. The van der Waals surface area contributed by atoms with Crippen molar-refractivity contribution in [1.82, 2.24) is 38.2 Å². The molecule has 0 radical (unpaired) electrons. The maximum Gasteiger partial charge on any atom is 0.332 e. The van der Waals surface area contributed by atoms with Gasteiger partial charge >= 0.3 is 11.4 Å². The first-order valence-corrected chi connectivity index (χ1v) is 10.0. The number of hydrogen-bond donors (Lipinski definition) is 2. The van der Waals surface area contributed by atoms with Gasteiger partial charge in [-0.25, -0.2) is 19.6 Å². The largest absolute Gasteiger partial charge is 0.332 e. The van der Waals surface area contributed by atoms with Crippen LogP contribution in [-0.4, -0.2) is 38.2 Å². The number of fused-ring (bicyclic) bond motifs is 2. The maximum absolute atomic E-state index is 12.2. The second-order valence-corrected chi connectivity index (χ2v) is 8.17. The number of aromatic amines is 2. The van der Waals surface area contributed by atoms with Crippen molar-refractivity contribution in [2.75, 3.05) is 0 Å². The van der Waals surface area contributed by atoms with Crippen LogP contribution in [0.3, 0.4) is 0 Å². The second kappa shape index (κ2) is 6.27. The SMILES string of the molecule is Cn1c(=O)c2[nH]c(SSc3nc4c([nH]3)c(=O)n(C)c(=O)n4C)nc2n(C)c1=O. The smallest absolute Gasteiger partial charge is 0.326 e. The summed E-state index contributed by atoms with van der Waals surface area (Å²) in [7, 11) is 8.17. The fourth-order valence-corrected chi connectivity index (χ4v) is 4.41. The zero-order chi connectivity index (χ0) is 20.3. The molecule has 28 heavy (non-hydrogen) atoms. The van der Waals surface area contributed by atoms with E-state index in [2.05, 4.69) is 19.9 Å². The fraction of sp³-hybridized carbons (Fsp3) is 0.286. The molecule has 4 heterocycles. The van der Waals surface area contributed by atoms with Crippen LogP contribution in [0.1, 0.15) is 0 Å². The minimum Gasteiger partial charge on any atom is -0.326 e. The summed E-state index contributed by atoms with van der Waals surface area (Å²) in [5.74, 6) is 0. The van der Waals surface area contributed by atoms with E-state index in [9.17, 15) is 19.2 Å². The van der Waals surface area contributed by atoms with Crippen molar-refractivity contribution in [3.8, 4) is 0 Å². The van der Waals surface area contributed by atoms with E-state index in [4.69, 9.17) is 0 Å². The van der Waals surface area contributed by atoms with Crippen molar-refractivity contribution in [1.29, 1.82) is 0 Å². The Balaban J connectivity index is 1.72. The summed E-state index contributed by atoms with van der Waals surface area (Å²) in [6, 6.07) is 0. The average molecular weight is 422 g/mol. The molecular weight excluding hydrogens is 408 g/mol. The standard InChI is InChI=1S/C14H14N8O4S2/c1-19-7-5(9(23)21(3)13(19)25)15-11(17-7)27-28-12-16-6-8(18-12)20(2)14(26)22(4)10(6)24/h1-4H3,(H,15,17)(H,16,18). The summed E-state index contributed by atoms with van der Waals surface area (Å²) in [5, 5.41) is 0.779. The summed E-state index contributed by atoms with van der Waals surface area (Å²) >= 11 is 0. The number of hydrogen-bond acceptors (Lipinski definition) is 8. The van der Waals surface area contributed by atoms with Crippen molar-refractivity contribution in [3.05, 3.63) is 41.7 Å². The Morgan fingerprint density at radius 2 is 1.00 bits per heavy atom. The van der Waals surface area contributed by atoms with Gasteiger partial charge in [0, 0.05) is 28.2 Å². The first-order valence-electron chi connectivity index (χ1n) is 7.86. The molecule has 0 unspecified atom stereocenters. The van der Waals surface area contributed by atoms with Crippen molar-refractivity contribution in [2.45, 2.75) is 10.3 Å². The van der Waals surface area contributed by atoms with E-state index >= 15 is 0 Å².